The van der Waals surface area contributed by atoms with Crippen LogP contribution in [0.25, 0.3) is 0 Å². The summed E-state index contributed by atoms with van der Waals surface area (Å²) in [7, 11) is -4.57. The van der Waals surface area contributed by atoms with E-state index < -0.39 is 27.7 Å². The number of para-hydroxylation sites is 1. The van der Waals surface area contributed by atoms with Crippen molar-refractivity contribution in [3.8, 4) is 5.75 Å². The number of anilines is 2. The zero-order chi connectivity index (χ0) is 24.2. The van der Waals surface area contributed by atoms with Crippen molar-refractivity contribution in [2.45, 2.75) is 41.2 Å². The molecule has 0 aromatic heterocycles. The van der Waals surface area contributed by atoms with Crippen LogP contribution in [0.3, 0.4) is 0 Å². The van der Waals surface area contributed by atoms with Gasteiger partial charge in [0.25, 0.3) is 0 Å². The lowest BCUT2D eigenvalue weighted by atomic mass is 10.0. The molecule has 6 nitrogen and oxygen atoms in total. The van der Waals surface area contributed by atoms with Crippen molar-refractivity contribution in [1.29, 1.82) is 0 Å². The molecule has 10 heteroatoms. The molecule has 180 valence electrons. The van der Waals surface area contributed by atoms with Gasteiger partial charge in [-0.2, -0.15) is 8.78 Å². The highest BCUT2D eigenvalue weighted by Gasteiger charge is 2.55. The standard InChI is InChI=1S/C23H27F2NO5S2/c1-3-4-8-16-15-26(17-9-6-5-7-10-17)18-13-20(32-2)19(31-12-11-22(27)28)14-21(18)33(29,30)23(16,24)25/h5-7,9-14,16,29-30H,3-4,8,15H2,1-2H3,(H,27,28)/b12-11+. The Bertz CT molecular complexity index is 1020. The van der Waals surface area contributed by atoms with Gasteiger partial charge in [-0.05, 0) is 30.9 Å². The molecular weight excluding hydrogens is 472 g/mol. The lowest BCUT2D eigenvalue weighted by Crippen LogP contribution is -2.38. The van der Waals surface area contributed by atoms with Crippen LogP contribution in [0.5, 0.6) is 5.75 Å². The summed E-state index contributed by atoms with van der Waals surface area (Å²) in [6, 6.07) is 11.8. The normalized spacial score (nSPS) is 20.2. The van der Waals surface area contributed by atoms with E-state index in [-0.39, 0.29) is 29.3 Å². The van der Waals surface area contributed by atoms with Crippen LogP contribution in [-0.4, -0.2) is 38.2 Å². The van der Waals surface area contributed by atoms with E-state index in [9.17, 15) is 13.9 Å². The predicted molar refractivity (Wildman–Crippen MR) is 128 cm³/mol. The number of thioether (sulfide) groups is 1. The number of ether oxygens (including phenoxy) is 1. The quantitative estimate of drug-likeness (QED) is 0.204. The van der Waals surface area contributed by atoms with Crippen molar-refractivity contribution in [2.75, 3.05) is 17.7 Å². The first-order chi connectivity index (χ1) is 15.6. The molecule has 0 amide bonds. The molecule has 3 N–H and O–H groups in total. The predicted octanol–water partition coefficient (Wildman–Crippen LogP) is 7.05. The molecular formula is C23H27F2NO5S2. The molecule has 0 spiro atoms. The number of rotatable bonds is 8. The molecule has 0 bridgehead atoms. The summed E-state index contributed by atoms with van der Waals surface area (Å²) in [5.41, 5.74) is 0.915. The highest BCUT2D eigenvalue weighted by atomic mass is 32.3. The minimum Gasteiger partial charge on any atom is -0.478 e. The zero-order valence-electron chi connectivity index (χ0n) is 18.3. The van der Waals surface area contributed by atoms with Gasteiger partial charge in [-0.15, -0.1) is 22.4 Å². The molecule has 0 fully saturated rings. The number of fused-ring (bicyclic) bond motifs is 1. The first-order valence-electron chi connectivity index (χ1n) is 10.4. The van der Waals surface area contributed by atoms with Crippen molar-refractivity contribution in [1.82, 2.24) is 0 Å². The second-order valence-corrected chi connectivity index (χ2v) is 10.6. The Labute approximate surface area is 197 Å². The van der Waals surface area contributed by atoms with Crippen molar-refractivity contribution in [3.05, 3.63) is 54.8 Å². The molecule has 1 unspecified atom stereocenters. The van der Waals surface area contributed by atoms with Crippen LogP contribution in [0.15, 0.2) is 64.6 Å². The maximum atomic E-state index is 15.6. The first kappa shape index (κ1) is 25.4. The zero-order valence-corrected chi connectivity index (χ0v) is 19.9. The highest BCUT2D eigenvalue weighted by molar-refractivity contribution is 8.25. The van der Waals surface area contributed by atoms with E-state index in [1.807, 2.05) is 13.0 Å². The number of carbonyl (C=O) groups is 1. The van der Waals surface area contributed by atoms with E-state index in [1.165, 1.54) is 17.8 Å². The fraction of sp³-hybridized carbons (Fsp3) is 0.348. The monoisotopic (exact) mass is 499 g/mol. The van der Waals surface area contributed by atoms with Crippen LogP contribution < -0.4 is 9.64 Å². The summed E-state index contributed by atoms with van der Waals surface area (Å²) < 4.78 is 58.6. The molecule has 0 radical (unpaired) electrons. The molecule has 0 saturated heterocycles. The van der Waals surface area contributed by atoms with Crippen molar-refractivity contribution in [3.63, 3.8) is 0 Å². The number of halogens is 2. The summed E-state index contributed by atoms with van der Waals surface area (Å²) in [4.78, 5) is 12.7. The topological polar surface area (TPSA) is 90.2 Å². The molecule has 3 rings (SSSR count). The maximum absolute atomic E-state index is 15.6. The summed E-state index contributed by atoms with van der Waals surface area (Å²) in [5, 5.41) is 5.04. The Morgan fingerprint density at radius 1 is 1.30 bits per heavy atom. The number of nitrogens with zero attached hydrogens (tertiary/aromatic N) is 1. The van der Waals surface area contributed by atoms with E-state index in [0.29, 0.717) is 23.4 Å². The van der Waals surface area contributed by atoms with E-state index in [4.69, 9.17) is 9.84 Å². The number of alkyl halides is 2. The Morgan fingerprint density at radius 2 is 2.00 bits per heavy atom. The molecule has 2 aromatic carbocycles. The van der Waals surface area contributed by atoms with Crippen molar-refractivity contribution >= 4 is 39.7 Å². The largest absolute Gasteiger partial charge is 0.478 e. The Kier molecular flexibility index (Phi) is 7.94. The number of carboxylic acid groups (broad SMARTS) is 1. The van der Waals surface area contributed by atoms with Crippen LogP contribution in [0.2, 0.25) is 0 Å². The smallest absolute Gasteiger partial charge is 0.346 e. The van der Waals surface area contributed by atoms with Crippen LogP contribution in [0.1, 0.15) is 26.2 Å². The number of aliphatic carboxylic acids is 1. The van der Waals surface area contributed by atoms with Crippen LogP contribution >= 0.6 is 22.4 Å². The van der Waals surface area contributed by atoms with E-state index in [1.54, 1.807) is 41.5 Å². The minimum absolute atomic E-state index is 0.0644. The molecule has 1 heterocycles. The molecule has 1 atom stereocenters. The Hall–Kier alpha value is -2.27. The SMILES string of the molecule is CCCCC1CN(c2ccccc2)c2cc(SC)c(O/C=C/C(=O)O)cc2S(O)(O)C1(F)F. The summed E-state index contributed by atoms with van der Waals surface area (Å²) in [5.74, 6) is -2.46. The number of hydrogen-bond donors (Lipinski definition) is 3. The molecule has 0 aliphatic carbocycles. The molecule has 2 aromatic rings. The average Bonchev–Trinajstić information content (AvgIpc) is 2.84. The fourth-order valence-corrected chi connectivity index (χ4v) is 5.97. The van der Waals surface area contributed by atoms with Gasteiger partial charge in [0.05, 0.1) is 33.7 Å². The molecule has 1 aliphatic rings. The van der Waals surface area contributed by atoms with Crippen LogP contribution in [0.4, 0.5) is 20.2 Å². The molecule has 33 heavy (non-hydrogen) atoms. The van der Waals surface area contributed by atoms with Gasteiger partial charge in [-0.1, -0.05) is 38.0 Å². The number of benzene rings is 2. The summed E-state index contributed by atoms with van der Waals surface area (Å²) in [6.45, 7) is 1.81. The average molecular weight is 500 g/mol. The first-order valence-corrected chi connectivity index (χ1v) is 13.2. The van der Waals surface area contributed by atoms with Gasteiger partial charge >= 0.3 is 11.2 Å². The van der Waals surface area contributed by atoms with Crippen LogP contribution in [-0.2, 0) is 4.79 Å². The third-order valence-corrected chi connectivity index (χ3v) is 8.27. The van der Waals surface area contributed by atoms with Gasteiger partial charge < -0.3 is 14.7 Å². The number of carboxylic acids is 1. The van der Waals surface area contributed by atoms with Crippen LogP contribution in [0, 0.1) is 5.92 Å². The van der Waals surface area contributed by atoms with E-state index >= 15 is 8.78 Å². The van der Waals surface area contributed by atoms with Gasteiger partial charge in [-0.25, -0.2) is 4.79 Å². The van der Waals surface area contributed by atoms with Gasteiger partial charge in [0.1, 0.15) is 5.75 Å². The second kappa shape index (κ2) is 10.3. The third kappa shape index (κ3) is 5.13. The molecule has 0 saturated carbocycles. The Balaban J connectivity index is 2.23. The second-order valence-electron chi connectivity index (χ2n) is 7.63. The number of hydrogen-bond acceptors (Lipinski definition) is 6. The van der Waals surface area contributed by atoms with Gasteiger partial charge in [0.15, 0.2) is 0 Å². The fourth-order valence-electron chi connectivity index (χ4n) is 3.75. The minimum atomic E-state index is -4.57. The number of unbranched alkanes of at least 4 members (excludes halogenated alkanes) is 1. The third-order valence-electron chi connectivity index (χ3n) is 5.48. The summed E-state index contributed by atoms with van der Waals surface area (Å²) >= 11 is 1.27. The van der Waals surface area contributed by atoms with Gasteiger partial charge in [0.2, 0.25) is 0 Å². The highest BCUT2D eigenvalue weighted by Crippen LogP contribution is 2.69. The van der Waals surface area contributed by atoms with Crippen molar-refractivity contribution in [2.24, 2.45) is 5.92 Å². The Morgan fingerprint density at radius 3 is 2.61 bits per heavy atom. The van der Waals surface area contributed by atoms with Crippen molar-refractivity contribution < 1.29 is 32.5 Å². The van der Waals surface area contributed by atoms with E-state index in [2.05, 4.69) is 0 Å². The van der Waals surface area contributed by atoms with Gasteiger partial charge in [-0.3, -0.25) is 9.11 Å². The van der Waals surface area contributed by atoms with Gasteiger partial charge in [0, 0.05) is 18.3 Å². The lowest BCUT2D eigenvalue weighted by Gasteiger charge is -2.41. The van der Waals surface area contributed by atoms with E-state index in [0.717, 1.165) is 12.3 Å². The maximum Gasteiger partial charge on any atom is 0.346 e. The molecule has 1 aliphatic heterocycles. The summed E-state index contributed by atoms with van der Waals surface area (Å²) in [6.07, 6.45) is 4.81. The lowest BCUT2D eigenvalue weighted by molar-refractivity contribution is -0.131.